The van der Waals surface area contributed by atoms with E-state index in [0.717, 1.165) is 6.42 Å². The maximum absolute atomic E-state index is 8.77. The molecule has 0 N–H and O–H groups in total. The Bertz CT molecular complexity index is 371. The van der Waals surface area contributed by atoms with Gasteiger partial charge in [0.15, 0.2) is 0 Å². The number of hydrogen-bond donors (Lipinski definition) is 0. The van der Waals surface area contributed by atoms with E-state index in [1.807, 2.05) is 0 Å². The molecule has 1 heterocycles. The number of nitrogens with zero attached hydrogens (tertiary/aromatic N) is 2. The van der Waals surface area contributed by atoms with Gasteiger partial charge in [-0.2, -0.15) is 5.26 Å². The van der Waals surface area contributed by atoms with Gasteiger partial charge >= 0.3 is 0 Å². The normalized spacial score (nSPS) is 11.8. The smallest absolute Gasteiger partial charge is 0.214 e. The van der Waals surface area contributed by atoms with Crippen molar-refractivity contribution in [2.75, 3.05) is 6.61 Å². The molecule has 0 saturated heterocycles. The van der Waals surface area contributed by atoms with Crippen LogP contribution >= 0.6 is 0 Å². The predicted molar refractivity (Wildman–Crippen MR) is 67.8 cm³/mol. The summed E-state index contributed by atoms with van der Waals surface area (Å²) in [5.41, 5.74) is 0.594. The molecule has 0 radical (unpaired) electrons. The first-order valence-corrected chi connectivity index (χ1v) is 6.29. The molecule has 0 aliphatic heterocycles. The molecule has 0 amide bonds. The standard InChI is InChI=1S/C14H20N2O/c1-3-5-6-12(4-2)11-17-14-9-13(10-15)7-8-16-14/h7-9,12H,3-6,11H2,1-2H3. The third-order valence-corrected chi connectivity index (χ3v) is 2.87. The highest BCUT2D eigenvalue weighted by Crippen LogP contribution is 2.15. The molecular formula is C14H20N2O. The Labute approximate surface area is 103 Å². The zero-order valence-electron chi connectivity index (χ0n) is 10.6. The molecule has 0 saturated carbocycles. The van der Waals surface area contributed by atoms with Crippen LogP contribution in [-0.2, 0) is 0 Å². The van der Waals surface area contributed by atoms with Crippen LogP contribution in [0, 0.1) is 17.2 Å². The number of pyridine rings is 1. The Morgan fingerprint density at radius 2 is 2.29 bits per heavy atom. The third-order valence-electron chi connectivity index (χ3n) is 2.87. The second-order valence-corrected chi connectivity index (χ2v) is 4.22. The van der Waals surface area contributed by atoms with Crippen LogP contribution < -0.4 is 4.74 Å². The molecule has 0 aliphatic rings. The number of nitriles is 1. The molecule has 92 valence electrons. The third kappa shape index (κ3) is 4.86. The minimum atomic E-state index is 0.555. The van der Waals surface area contributed by atoms with Gasteiger partial charge in [0.25, 0.3) is 0 Å². The summed E-state index contributed by atoms with van der Waals surface area (Å²) in [7, 11) is 0. The van der Waals surface area contributed by atoms with Crippen molar-refractivity contribution in [3.8, 4) is 11.9 Å². The largest absolute Gasteiger partial charge is 0.477 e. The fraction of sp³-hybridized carbons (Fsp3) is 0.571. The van der Waals surface area contributed by atoms with E-state index in [4.69, 9.17) is 10.00 Å². The van der Waals surface area contributed by atoms with Gasteiger partial charge in [-0.1, -0.05) is 33.1 Å². The van der Waals surface area contributed by atoms with Gasteiger partial charge in [0.05, 0.1) is 18.2 Å². The topological polar surface area (TPSA) is 45.9 Å². The van der Waals surface area contributed by atoms with Crippen LogP contribution in [-0.4, -0.2) is 11.6 Å². The van der Waals surface area contributed by atoms with E-state index in [1.54, 1.807) is 18.3 Å². The lowest BCUT2D eigenvalue weighted by molar-refractivity contribution is 0.226. The first-order chi connectivity index (χ1) is 8.30. The van der Waals surface area contributed by atoms with Crippen LogP contribution in [0.25, 0.3) is 0 Å². The second kappa shape index (κ2) is 7.67. The van der Waals surface area contributed by atoms with Crippen molar-refractivity contribution < 1.29 is 4.74 Å². The second-order valence-electron chi connectivity index (χ2n) is 4.22. The highest BCUT2D eigenvalue weighted by molar-refractivity contribution is 5.31. The Kier molecular flexibility index (Phi) is 6.09. The van der Waals surface area contributed by atoms with Gasteiger partial charge in [-0.15, -0.1) is 0 Å². The van der Waals surface area contributed by atoms with Gasteiger partial charge in [-0.25, -0.2) is 4.98 Å². The molecule has 0 spiro atoms. The summed E-state index contributed by atoms with van der Waals surface area (Å²) in [5, 5.41) is 8.77. The monoisotopic (exact) mass is 232 g/mol. The van der Waals surface area contributed by atoms with E-state index >= 15 is 0 Å². The quantitative estimate of drug-likeness (QED) is 0.722. The highest BCUT2D eigenvalue weighted by atomic mass is 16.5. The Balaban J connectivity index is 2.45. The zero-order valence-corrected chi connectivity index (χ0v) is 10.6. The molecule has 17 heavy (non-hydrogen) atoms. The summed E-state index contributed by atoms with van der Waals surface area (Å²) >= 11 is 0. The molecule has 1 aromatic rings. The van der Waals surface area contributed by atoms with E-state index in [-0.39, 0.29) is 0 Å². The Morgan fingerprint density at radius 3 is 2.94 bits per heavy atom. The number of rotatable bonds is 7. The SMILES string of the molecule is CCCCC(CC)COc1cc(C#N)ccn1. The molecule has 3 nitrogen and oxygen atoms in total. The lowest BCUT2D eigenvalue weighted by Gasteiger charge is -2.14. The van der Waals surface area contributed by atoms with Crippen molar-refractivity contribution in [3.63, 3.8) is 0 Å². The van der Waals surface area contributed by atoms with E-state index in [1.165, 1.54) is 19.3 Å². The van der Waals surface area contributed by atoms with E-state index < -0.39 is 0 Å². The van der Waals surface area contributed by atoms with E-state index in [0.29, 0.717) is 24.0 Å². The molecule has 1 rings (SSSR count). The van der Waals surface area contributed by atoms with Crippen molar-refractivity contribution in [3.05, 3.63) is 23.9 Å². The summed E-state index contributed by atoms with van der Waals surface area (Å²) in [6.07, 6.45) is 6.40. The van der Waals surface area contributed by atoms with E-state index in [2.05, 4.69) is 24.9 Å². The summed E-state index contributed by atoms with van der Waals surface area (Å²) in [4.78, 5) is 4.10. The molecule has 0 bridgehead atoms. The van der Waals surface area contributed by atoms with Crippen LogP contribution in [0.1, 0.15) is 45.1 Å². The van der Waals surface area contributed by atoms with Crippen molar-refractivity contribution in [1.82, 2.24) is 4.98 Å². The first-order valence-electron chi connectivity index (χ1n) is 6.29. The van der Waals surface area contributed by atoms with Gasteiger partial charge in [-0.05, 0) is 18.4 Å². The summed E-state index contributed by atoms with van der Waals surface area (Å²) in [6.45, 7) is 5.08. The zero-order chi connectivity index (χ0) is 12.5. The Hall–Kier alpha value is -1.56. The minimum absolute atomic E-state index is 0.555. The summed E-state index contributed by atoms with van der Waals surface area (Å²) < 4.78 is 5.64. The predicted octanol–water partition coefficient (Wildman–Crippen LogP) is 3.55. The lowest BCUT2D eigenvalue weighted by Crippen LogP contribution is -2.11. The number of unbranched alkanes of at least 4 members (excludes halogenated alkanes) is 1. The minimum Gasteiger partial charge on any atom is -0.477 e. The van der Waals surface area contributed by atoms with Gasteiger partial charge in [0.2, 0.25) is 5.88 Å². The van der Waals surface area contributed by atoms with Gasteiger partial charge in [0, 0.05) is 12.3 Å². The summed E-state index contributed by atoms with van der Waals surface area (Å²) in [5.74, 6) is 1.14. The van der Waals surface area contributed by atoms with Crippen LogP contribution in [0.15, 0.2) is 18.3 Å². The average molecular weight is 232 g/mol. The number of aromatic nitrogens is 1. The molecule has 0 fully saturated rings. The van der Waals surface area contributed by atoms with E-state index in [9.17, 15) is 0 Å². The van der Waals surface area contributed by atoms with Gasteiger partial charge < -0.3 is 4.74 Å². The number of hydrogen-bond acceptors (Lipinski definition) is 3. The molecule has 1 aromatic heterocycles. The average Bonchev–Trinajstić information content (AvgIpc) is 2.39. The van der Waals surface area contributed by atoms with Crippen LogP contribution in [0.3, 0.4) is 0 Å². The maximum Gasteiger partial charge on any atom is 0.214 e. The van der Waals surface area contributed by atoms with Crippen molar-refractivity contribution >= 4 is 0 Å². The molecular weight excluding hydrogens is 212 g/mol. The van der Waals surface area contributed by atoms with Crippen LogP contribution in [0.2, 0.25) is 0 Å². The van der Waals surface area contributed by atoms with Crippen molar-refractivity contribution in [2.45, 2.75) is 39.5 Å². The van der Waals surface area contributed by atoms with Gasteiger partial charge in [-0.3, -0.25) is 0 Å². The van der Waals surface area contributed by atoms with Crippen LogP contribution in [0.5, 0.6) is 5.88 Å². The van der Waals surface area contributed by atoms with Crippen molar-refractivity contribution in [2.24, 2.45) is 5.92 Å². The van der Waals surface area contributed by atoms with Crippen LogP contribution in [0.4, 0.5) is 0 Å². The van der Waals surface area contributed by atoms with Gasteiger partial charge in [0.1, 0.15) is 0 Å². The number of ether oxygens (including phenoxy) is 1. The fourth-order valence-corrected chi connectivity index (χ4v) is 1.66. The highest BCUT2D eigenvalue weighted by Gasteiger charge is 2.07. The summed E-state index contributed by atoms with van der Waals surface area (Å²) in [6, 6.07) is 5.45. The molecule has 3 heteroatoms. The molecule has 0 aromatic carbocycles. The lowest BCUT2D eigenvalue weighted by atomic mass is 10.0. The fourth-order valence-electron chi connectivity index (χ4n) is 1.66. The molecule has 0 aliphatic carbocycles. The maximum atomic E-state index is 8.77. The molecule has 1 atom stereocenters. The molecule has 1 unspecified atom stereocenters. The Morgan fingerprint density at radius 1 is 1.47 bits per heavy atom. The van der Waals surface area contributed by atoms with Crippen molar-refractivity contribution in [1.29, 1.82) is 5.26 Å². The first kappa shape index (κ1) is 13.5.